The summed E-state index contributed by atoms with van der Waals surface area (Å²) in [6.07, 6.45) is 3.54. The van der Waals surface area contributed by atoms with Crippen molar-refractivity contribution in [3.63, 3.8) is 0 Å². The molecule has 0 atom stereocenters. The van der Waals surface area contributed by atoms with Crippen LogP contribution < -0.4 is 5.32 Å². The van der Waals surface area contributed by atoms with E-state index in [9.17, 15) is 0 Å². The van der Waals surface area contributed by atoms with Crippen molar-refractivity contribution in [2.45, 2.75) is 33.6 Å². The van der Waals surface area contributed by atoms with E-state index < -0.39 is 0 Å². The van der Waals surface area contributed by atoms with Crippen LogP contribution in [0.5, 0.6) is 0 Å². The monoisotopic (exact) mass is 330 g/mol. The minimum absolute atomic E-state index is 0.360. The molecule has 2 N–H and O–H groups in total. The van der Waals surface area contributed by atoms with Crippen molar-refractivity contribution in [1.29, 1.82) is 0 Å². The van der Waals surface area contributed by atoms with E-state index in [1.54, 1.807) is 6.26 Å². The highest BCUT2D eigenvalue weighted by Gasteiger charge is 2.30. The minimum atomic E-state index is 0.360. The number of H-pyrrole nitrogens is 1. The first kappa shape index (κ1) is 16.5. The Morgan fingerprint density at radius 1 is 1.50 bits per heavy atom. The maximum atomic E-state index is 5.31. The molecule has 1 fully saturated rings. The van der Waals surface area contributed by atoms with Crippen molar-refractivity contribution >= 4 is 5.96 Å². The molecule has 0 amide bonds. The van der Waals surface area contributed by atoms with Gasteiger partial charge in [0.2, 0.25) is 5.82 Å². The van der Waals surface area contributed by atoms with Crippen LogP contribution in [-0.4, -0.2) is 52.2 Å². The first-order valence-electron chi connectivity index (χ1n) is 8.56. The molecule has 1 aliphatic rings. The van der Waals surface area contributed by atoms with Crippen LogP contribution in [0.3, 0.4) is 0 Å². The molecule has 0 spiro atoms. The first-order valence-corrected chi connectivity index (χ1v) is 8.56. The second-order valence-corrected chi connectivity index (χ2v) is 6.90. The smallest absolute Gasteiger partial charge is 0.216 e. The largest absolute Gasteiger partial charge is 0.461 e. The van der Waals surface area contributed by atoms with Crippen LogP contribution in [0.25, 0.3) is 11.6 Å². The molecule has 2 aromatic rings. The second kappa shape index (κ2) is 7.07. The Bertz CT molecular complexity index is 673. The van der Waals surface area contributed by atoms with Crippen LogP contribution >= 0.6 is 0 Å². The molecule has 24 heavy (non-hydrogen) atoms. The zero-order valence-electron chi connectivity index (χ0n) is 14.7. The number of hydrogen-bond acceptors (Lipinski definition) is 4. The number of aromatic amines is 1. The zero-order valence-corrected chi connectivity index (χ0v) is 14.7. The van der Waals surface area contributed by atoms with Gasteiger partial charge in [-0.25, -0.2) is 4.98 Å². The van der Waals surface area contributed by atoms with Crippen LogP contribution in [0.2, 0.25) is 0 Å². The van der Waals surface area contributed by atoms with Gasteiger partial charge < -0.3 is 14.6 Å². The molecule has 7 heteroatoms. The molecule has 3 heterocycles. The molecule has 130 valence electrons. The normalized spacial score (nSPS) is 17.5. The summed E-state index contributed by atoms with van der Waals surface area (Å²) in [5, 5.41) is 10.5. The van der Waals surface area contributed by atoms with E-state index in [0.717, 1.165) is 37.8 Å². The van der Waals surface area contributed by atoms with Crippen LogP contribution in [0.1, 0.15) is 33.0 Å². The summed E-state index contributed by atoms with van der Waals surface area (Å²) >= 11 is 0. The van der Waals surface area contributed by atoms with Crippen LogP contribution in [-0.2, 0) is 6.42 Å². The van der Waals surface area contributed by atoms with Gasteiger partial charge in [0.15, 0.2) is 11.7 Å². The van der Waals surface area contributed by atoms with Crippen LogP contribution in [0, 0.1) is 5.41 Å². The number of hydrogen-bond donors (Lipinski definition) is 2. The predicted molar refractivity (Wildman–Crippen MR) is 93.7 cm³/mol. The lowest BCUT2D eigenvalue weighted by Gasteiger charge is -2.23. The number of furan rings is 1. The number of rotatable bonds is 5. The van der Waals surface area contributed by atoms with Gasteiger partial charge in [-0.05, 0) is 30.9 Å². The molecule has 7 nitrogen and oxygen atoms in total. The Hall–Kier alpha value is -2.31. The van der Waals surface area contributed by atoms with Crippen molar-refractivity contribution in [2.75, 3.05) is 26.2 Å². The van der Waals surface area contributed by atoms with Crippen LogP contribution in [0.15, 0.2) is 27.8 Å². The third-order valence-corrected chi connectivity index (χ3v) is 4.20. The summed E-state index contributed by atoms with van der Waals surface area (Å²) in [6, 6.07) is 3.68. The third kappa shape index (κ3) is 3.96. The third-order valence-electron chi connectivity index (χ3n) is 4.20. The lowest BCUT2D eigenvalue weighted by atomic mass is 9.93. The topological polar surface area (TPSA) is 82.3 Å². The molecule has 1 aliphatic heterocycles. The fourth-order valence-corrected chi connectivity index (χ4v) is 2.91. The maximum absolute atomic E-state index is 5.31. The maximum Gasteiger partial charge on any atom is 0.216 e. The van der Waals surface area contributed by atoms with E-state index in [0.29, 0.717) is 23.5 Å². The minimum Gasteiger partial charge on any atom is -0.461 e. The predicted octanol–water partition coefficient (Wildman–Crippen LogP) is 2.30. The quantitative estimate of drug-likeness (QED) is 0.649. The molecule has 1 saturated heterocycles. The summed E-state index contributed by atoms with van der Waals surface area (Å²) in [5.41, 5.74) is 0.360. The van der Waals surface area contributed by atoms with Gasteiger partial charge in [-0.1, -0.05) is 13.8 Å². The van der Waals surface area contributed by atoms with Gasteiger partial charge >= 0.3 is 0 Å². The van der Waals surface area contributed by atoms with E-state index in [1.807, 2.05) is 12.1 Å². The summed E-state index contributed by atoms with van der Waals surface area (Å²) in [6.45, 7) is 10.4. The van der Waals surface area contributed by atoms with E-state index in [-0.39, 0.29) is 0 Å². The zero-order chi connectivity index (χ0) is 17.0. The van der Waals surface area contributed by atoms with E-state index in [4.69, 9.17) is 9.41 Å². The lowest BCUT2D eigenvalue weighted by Crippen LogP contribution is -2.40. The first-order chi connectivity index (χ1) is 11.6. The summed E-state index contributed by atoms with van der Waals surface area (Å²) < 4.78 is 5.31. The average Bonchev–Trinajstić information content (AvgIpc) is 3.26. The average molecular weight is 330 g/mol. The Morgan fingerprint density at radius 2 is 2.38 bits per heavy atom. The molecule has 0 saturated carbocycles. The van der Waals surface area contributed by atoms with Gasteiger partial charge in [-0.3, -0.25) is 10.1 Å². The second-order valence-electron chi connectivity index (χ2n) is 6.90. The number of aromatic nitrogens is 3. The Balaban J connectivity index is 1.59. The van der Waals surface area contributed by atoms with E-state index >= 15 is 0 Å². The molecule has 0 unspecified atom stereocenters. The molecular formula is C17H26N6O. The summed E-state index contributed by atoms with van der Waals surface area (Å²) in [5.74, 6) is 3.08. The van der Waals surface area contributed by atoms with Crippen molar-refractivity contribution < 1.29 is 4.42 Å². The van der Waals surface area contributed by atoms with Gasteiger partial charge in [-0.2, -0.15) is 5.10 Å². The van der Waals surface area contributed by atoms with Gasteiger partial charge in [0.05, 0.1) is 6.26 Å². The van der Waals surface area contributed by atoms with E-state index in [2.05, 4.69) is 46.2 Å². The number of likely N-dealkylation sites (tertiary alicyclic amines) is 1. The highest BCUT2D eigenvalue weighted by Crippen LogP contribution is 2.28. The molecule has 0 bridgehead atoms. The Labute approximate surface area is 142 Å². The summed E-state index contributed by atoms with van der Waals surface area (Å²) in [4.78, 5) is 11.5. The van der Waals surface area contributed by atoms with Gasteiger partial charge in [0, 0.05) is 32.6 Å². The van der Waals surface area contributed by atoms with Gasteiger partial charge in [0.25, 0.3) is 0 Å². The highest BCUT2D eigenvalue weighted by atomic mass is 16.3. The molecule has 2 aromatic heterocycles. The van der Waals surface area contributed by atoms with Crippen molar-refractivity contribution in [2.24, 2.45) is 10.4 Å². The number of nitrogens with one attached hydrogen (secondary N) is 2. The van der Waals surface area contributed by atoms with Gasteiger partial charge in [-0.15, -0.1) is 0 Å². The van der Waals surface area contributed by atoms with Gasteiger partial charge in [0.1, 0.15) is 5.82 Å². The highest BCUT2D eigenvalue weighted by molar-refractivity contribution is 5.80. The standard InChI is InChI=1S/C17H26N6O/c1-4-18-16(23-10-8-17(2,3)12-23)19-9-7-14-20-15(22-21-14)13-6-5-11-24-13/h5-6,11H,4,7-10,12H2,1-3H3,(H,18,19)(H,20,21,22). The van der Waals surface area contributed by atoms with Crippen molar-refractivity contribution in [1.82, 2.24) is 25.4 Å². The van der Waals surface area contributed by atoms with E-state index in [1.165, 1.54) is 6.42 Å². The number of aliphatic imine (C=N–C) groups is 1. The number of nitrogens with zero attached hydrogens (tertiary/aromatic N) is 4. The Morgan fingerprint density at radius 3 is 3.04 bits per heavy atom. The lowest BCUT2D eigenvalue weighted by molar-refractivity contribution is 0.370. The molecule has 3 rings (SSSR count). The summed E-state index contributed by atoms with van der Waals surface area (Å²) in [7, 11) is 0. The Kier molecular flexibility index (Phi) is 4.87. The van der Waals surface area contributed by atoms with Crippen molar-refractivity contribution in [3.8, 4) is 11.6 Å². The molecular weight excluding hydrogens is 304 g/mol. The molecule has 0 aromatic carbocycles. The SMILES string of the molecule is CCNC(=NCCc1nc(-c2ccco2)n[nH]1)N1CCC(C)(C)C1. The fourth-order valence-electron chi connectivity index (χ4n) is 2.91. The fraction of sp³-hybridized carbons (Fsp3) is 0.588. The number of guanidine groups is 1. The molecule has 0 radical (unpaired) electrons. The molecule has 0 aliphatic carbocycles. The van der Waals surface area contributed by atoms with Crippen LogP contribution in [0.4, 0.5) is 0 Å². The van der Waals surface area contributed by atoms with Crippen molar-refractivity contribution in [3.05, 3.63) is 24.2 Å².